The van der Waals surface area contributed by atoms with E-state index in [1.54, 1.807) is 20.8 Å². The normalized spacial score (nSPS) is 19.1. The number of carbonyl (C=O) groups excluding carboxylic acids is 3. The Morgan fingerprint density at radius 2 is 1.40 bits per heavy atom. The van der Waals surface area contributed by atoms with Crippen LogP contribution in [0.5, 0.6) is 0 Å². The van der Waals surface area contributed by atoms with Gasteiger partial charge >= 0.3 is 12.1 Å². The van der Waals surface area contributed by atoms with Gasteiger partial charge in [-0.1, -0.05) is 79.9 Å². The highest BCUT2D eigenvalue weighted by molar-refractivity contribution is 5.94. The third-order valence-corrected chi connectivity index (χ3v) is 8.11. The van der Waals surface area contributed by atoms with Gasteiger partial charge < -0.3 is 25.4 Å². The molecule has 42 heavy (non-hydrogen) atoms. The van der Waals surface area contributed by atoms with Crippen LogP contribution in [0.1, 0.15) is 82.8 Å². The molecule has 3 amide bonds. The molecule has 0 radical (unpaired) electrons. The van der Waals surface area contributed by atoms with Gasteiger partial charge in [0.2, 0.25) is 11.8 Å². The number of alkyl carbamates (subject to hydrolysis) is 1. The molecule has 1 aliphatic heterocycles. The maximum Gasteiger partial charge on any atom is 0.408 e. The maximum atomic E-state index is 14.0. The van der Waals surface area contributed by atoms with E-state index in [4.69, 9.17) is 4.74 Å². The van der Waals surface area contributed by atoms with Crippen LogP contribution in [0.4, 0.5) is 4.79 Å². The fourth-order valence-electron chi connectivity index (χ4n) is 6.20. The Labute approximate surface area is 248 Å². The second-order valence-corrected chi connectivity index (χ2v) is 12.3. The van der Waals surface area contributed by atoms with Gasteiger partial charge in [-0.3, -0.25) is 9.59 Å². The number of aliphatic carboxylic acids is 1. The lowest BCUT2D eigenvalue weighted by atomic mass is 9.83. The van der Waals surface area contributed by atoms with Crippen LogP contribution in [0, 0.1) is 5.92 Å². The summed E-state index contributed by atoms with van der Waals surface area (Å²) in [4.78, 5) is 54.7. The number of rotatable bonds is 9. The van der Waals surface area contributed by atoms with Crippen LogP contribution in [0.15, 0.2) is 60.7 Å². The number of ether oxygens (including phenoxy) is 1. The number of likely N-dealkylation sites (tertiary alicyclic amines) is 1. The zero-order valence-electron chi connectivity index (χ0n) is 24.8. The largest absolute Gasteiger partial charge is 0.480 e. The Kier molecular flexibility index (Phi) is 10.2. The number of nitrogens with one attached hydrogen (secondary N) is 2. The monoisotopic (exact) mass is 577 g/mol. The van der Waals surface area contributed by atoms with Gasteiger partial charge in [0.05, 0.1) is 0 Å². The van der Waals surface area contributed by atoms with Gasteiger partial charge in [-0.05, 0) is 63.5 Å². The number of carboxylic acids is 1. The average Bonchev–Trinajstić information content (AvgIpc) is 3.46. The Morgan fingerprint density at radius 3 is 1.93 bits per heavy atom. The molecule has 3 atom stereocenters. The zero-order chi connectivity index (χ0) is 30.3. The first-order valence-corrected chi connectivity index (χ1v) is 15.0. The average molecular weight is 578 g/mol. The van der Waals surface area contributed by atoms with E-state index in [1.165, 1.54) is 4.90 Å². The molecule has 2 fully saturated rings. The Morgan fingerprint density at radius 1 is 0.833 bits per heavy atom. The van der Waals surface area contributed by atoms with E-state index in [0.29, 0.717) is 19.4 Å². The minimum absolute atomic E-state index is 0.0598. The molecule has 3 N–H and O–H groups in total. The van der Waals surface area contributed by atoms with E-state index in [2.05, 4.69) is 10.6 Å². The molecule has 2 aromatic carbocycles. The fraction of sp³-hybridized carbons (Fsp3) is 0.515. The van der Waals surface area contributed by atoms with Crippen molar-refractivity contribution in [2.45, 2.75) is 95.4 Å². The smallest absolute Gasteiger partial charge is 0.408 e. The number of amides is 3. The van der Waals surface area contributed by atoms with E-state index >= 15 is 0 Å². The molecule has 0 spiro atoms. The van der Waals surface area contributed by atoms with Crippen molar-refractivity contribution in [1.29, 1.82) is 0 Å². The third kappa shape index (κ3) is 7.89. The number of carboxylic acid groups (broad SMARTS) is 1. The van der Waals surface area contributed by atoms with E-state index in [-0.39, 0.29) is 11.8 Å². The topological polar surface area (TPSA) is 125 Å². The van der Waals surface area contributed by atoms with Crippen LogP contribution in [0.3, 0.4) is 0 Å². The molecule has 9 heteroatoms. The summed E-state index contributed by atoms with van der Waals surface area (Å²) in [6.07, 6.45) is 4.97. The third-order valence-electron chi connectivity index (χ3n) is 8.11. The van der Waals surface area contributed by atoms with Crippen molar-refractivity contribution in [1.82, 2.24) is 15.5 Å². The van der Waals surface area contributed by atoms with Gasteiger partial charge in [0.25, 0.3) is 0 Å². The summed E-state index contributed by atoms with van der Waals surface area (Å²) in [7, 11) is 0. The quantitative estimate of drug-likeness (QED) is 0.391. The second-order valence-electron chi connectivity index (χ2n) is 12.3. The van der Waals surface area contributed by atoms with Crippen molar-refractivity contribution in [3.8, 4) is 0 Å². The van der Waals surface area contributed by atoms with E-state index < -0.39 is 47.6 Å². The van der Waals surface area contributed by atoms with Crippen molar-refractivity contribution < 1.29 is 29.0 Å². The van der Waals surface area contributed by atoms with Crippen LogP contribution in [-0.2, 0) is 19.1 Å². The first kappa shape index (κ1) is 31.1. The standard InChI is InChI=1S/C33H43N3O6/c1-33(2,3)42-32(41)35-27(24-18-11-6-12-19-24)30(38)36-21-13-20-25(36)29(37)34-28(31(39)40)26(22-14-7-4-8-15-22)23-16-9-5-10-17-23/h4-5,7-10,14-17,24-28H,6,11-13,18-21H2,1-3H3,(H,34,37)(H,35,41)(H,39,40)/t25-,27-,28-/m0/s1. The van der Waals surface area contributed by atoms with Gasteiger partial charge in [0, 0.05) is 12.5 Å². The number of hydrogen-bond acceptors (Lipinski definition) is 5. The molecule has 1 heterocycles. The van der Waals surface area contributed by atoms with Gasteiger partial charge in [-0.2, -0.15) is 0 Å². The lowest BCUT2D eigenvalue weighted by molar-refractivity contribution is -0.145. The van der Waals surface area contributed by atoms with E-state index in [1.807, 2.05) is 60.7 Å². The van der Waals surface area contributed by atoms with Gasteiger partial charge in [-0.15, -0.1) is 0 Å². The van der Waals surface area contributed by atoms with Crippen molar-refractivity contribution in [3.05, 3.63) is 71.8 Å². The van der Waals surface area contributed by atoms with Gasteiger partial charge in [0.1, 0.15) is 23.7 Å². The number of hydrogen-bond donors (Lipinski definition) is 3. The van der Waals surface area contributed by atoms with E-state index in [0.717, 1.165) is 43.2 Å². The summed E-state index contributed by atoms with van der Waals surface area (Å²) >= 11 is 0. The lowest BCUT2D eigenvalue weighted by Crippen LogP contribution is -2.58. The summed E-state index contributed by atoms with van der Waals surface area (Å²) in [5.74, 6) is -2.69. The summed E-state index contributed by atoms with van der Waals surface area (Å²) < 4.78 is 5.47. The van der Waals surface area contributed by atoms with Crippen LogP contribution in [-0.4, -0.2) is 64.2 Å². The Balaban J connectivity index is 1.57. The second kappa shape index (κ2) is 13.9. The first-order chi connectivity index (χ1) is 20.0. The molecule has 9 nitrogen and oxygen atoms in total. The highest BCUT2D eigenvalue weighted by Crippen LogP contribution is 2.31. The van der Waals surface area contributed by atoms with Gasteiger partial charge in [-0.25, -0.2) is 9.59 Å². The van der Waals surface area contributed by atoms with Crippen molar-refractivity contribution in [2.75, 3.05) is 6.54 Å². The molecule has 0 aromatic heterocycles. The molecule has 4 rings (SSSR count). The molecule has 2 aromatic rings. The minimum Gasteiger partial charge on any atom is -0.480 e. The number of nitrogens with zero attached hydrogens (tertiary/aromatic N) is 1. The van der Waals surface area contributed by atoms with Gasteiger partial charge in [0.15, 0.2) is 0 Å². The SMILES string of the molecule is CC(C)(C)OC(=O)N[C@H](C(=O)N1CCC[C@H]1C(=O)N[C@H](C(=O)O)C(c1ccccc1)c1ccccc1)C1CCCCC1. The van der Waals surface area contributed by atoms with Crippen LogP contribution < -0.4 is 10.6 Å². The molecule has 0 unspecified atom stereocenters. The maximum absolute atomic E-state index is 14.0. The predicted octanol–water partition coefficient (Wildman–Crippen LogP) is 4.85. The molecular weight excluding hydrogens is 534 g/mol. The fourth-order valence-corrected chi connectivity index (χ4v) is 6.20. The van der Waals surface area contributed by atoms with Crippen LogP contribution >= 0.6 is 0 Å². The summed E-state index contributed by atoms with van der Waals surface area (Å²) in [6.45, 7) is 5.65. The molecule has 1 saturated heterocycles. The molecular formula is C33H43N3O6. The lowest BCUT2D eigenvalue weighted by Gasteiger charge is -2.35. The molecule has 226 valence electrons. The summed E-state index contributed by atoms with van der Waals surface area (Å²) in [5, 5.41) is 15.9. The number of benzene rings is 2. The molecule has 1 aliphatic carbocycles. The Bertz CT molecular complexity index is 1180. The van der Waals surface area contributed by atoms with Crippen molar-refractivity contribution in [2.24, 2.45) is 5.92 Å². The molecule has 2 aliphatic rings. The van der Waals surface area contributed by atoms with Crippen molar-refractivity contribution >= 4 is 23.9 Å². The highest BCUT2D eigenvalue weighted by atomic mass is 16.6. The highest BCUT2D eigenvalue weighted by Gasteiger charge is 2.43. The molecule has 0 bridgehead atoms. The van der Waals surface area contributed by atoms with E-state index in [9.17, 15) is 24.3 Å². The van der Waals surface area contributed by atoms with Crippen LogP contribution in [0.25, 0.3) is 0 Å². The minimum atomic E-state index is -1.26. The van der Waals surface area contributed by atoms with Crippen molar-refractivity contribution in [3.63, 3.8) is 0 Å². The Hall–Kier alpha value is -3.88. The molecule has 1 saturated carbocycles. The first-order valence-electron chi connectivity index (χ1n) is 15.0. The predicted molar refractivity (Wildman–Crippen MR) is 159 cm³/mol. The number of carbonyl (C=O) groups is 4. The summed E-state index contributed by atoms with van der Waals surface area (Å²) in [5.41, 5.74) is 0.796. The van der Waals surface area contributed by atoms with Crippen LogP contribution in [0.2, 0.25) is 0 Å². The summed E-state index contributed by atoms with van der Waals surface area (Å²) in [6, 6.07) is 15.6. The zero-order valence-corrected chi connectivity index (χ0v) is 24.8.